The number of hydrogen-bond acceptors (Lipinski definition) is 6. The van der Waals surface area contributed by atoms with Crippen molar-refractivity contribution < 1.29 is 14.1 Å². The average Bonchev–Trinajstić information content (AvgIpc) is 3.30. The number of anilines is 1. The van der Waals surface area contributed by atoms with E-state index in [1.165, 1.54) is 0 Å². The number of benzene rings is 1. The Morgan fingerprint density at radius 1 is 1.25 bits per heavy atom. The molecule has 0 aliphatic carbocycles. The summed E-state index contributed by atoms with van der Waals surface area (Å²) in [5.74, 6) is 0.713. The average molecular weight is 377 g/mol. The number of methoxy groups -OCH3 is 1. The van der Waals surface area contributed by atoms with Gasteiger partial charge in [-0.3, -0.25) is 9.20 Å². The molecule has 3 aromatic heterocycles. The maximum Gasteiger partial charge on any atom is 0.274 e. The van der Waals surface area contributed by atoms with E-state index in [1.54, 1.807) is 24.6 Å². The molecular weight excluding hydrogens is 358 g/mol. The summed E-state index contributed by atoms with van der Waals surface area (Å²) < 4.78 is 11.9. The first-order valence-electron chi connectivity index (χ1n) is 8.73. The van der Waals surface area contributed by atoms with Crippen molar-refractivity contribution in [2.75, 3.05) is 12.4 Å². The van der Waals surface area contributed by atoms with E-state index in [4.69, 9.17) is 9.26 Å². The van der Waals surface area contributed by atoms with Crippen LogP contribution in [0.15, 0.2) is 47.2 Å². The molecule has 142 valence electrons. The summed E-state index contributed by atoms with van der Waals surface area (Å²) >= 11 is 0. The molecule has 4 aromatic rings. The second kappa shape index (κ2) is 7.24. The van der Waals surface area contributed by atoms with E-state index >= 15 is 0 Å². The van der Waals surface area contributed by atoms with Crippen LogP contribution in [0.1, 0.15) is 27.5 Å². The Morgan fingerprint density at radius 2 is 2.11 bits per heavy atom. The number of hydrogen-bond donors (Lipinski definition) is 1. The second-order valence-corrected chi connectivity index (χ2v) is 6.46. The highest BCUT2D eigenvalue weighted by molar-refractivity contribution is 6.04. The van der Waals surface area contributed by atoms with Gasteiger partial charge in [-0.15, -0.1) is 0 Å². The van der Waals surface area contributed by atoms with Crippen LogP contribution in [0.4, 0.5) is 5.69 Å². The lowest BCUT2D eigenvalue weighted by Gasteiger charge is -2.10. The van der Waals surface area contributed by atoms with E-state index in [-0.39, 0.29) is 5.91 Å². The molecule has 0 atom stereocenters. The number of ether oxygens (including phenoxy) is 1. The molecule has 1 aromatic carbocycles. The molecule has 0 spiro atoms. The van der Waals surface area contributed by atoms with Crippen LogP contribution >= 0.6 is 0 Å². The molecule has 4 rings (SSSR count). The lowest BCUT2D eigenvalue weighted by molar-refractivity contribution is 0.102. The molecule has 28 heavy (non-hydrogen) atoms. The fourth-order valence-electron chi connectivity index (χ4n) is 2.95. The summed E-state index contributed by atoms with van der Waals surface area (Å²) in [6.45, 7) is 4.15. The predicted octanol–water partition coefficient (Wildman–Crippen LogP) is 3.40. The Kier molecular flexibility index (Phi) is 4.62. The number of nitrogens with zero attached hydrogens (tertiary/aromatic N) is 4. The Balaban J connectivity index is 1.62. The number of carbonyl (C=O) groups is 1. The van der Waals surface area contributed by atoms with Crippen molar-refractivity contribution in [3.63, 3.8) is 0 Å². The molecule has 0 saturated carbocycles. The van der Waals surface area contributed by atoms with E-state index in [1.807, 2.05) is 43.5 Å². The summed E-state index contributed by atoms with van der Waals surface area (Å²) in [6, 6.07) is 9.42. The van der Waals surface area contributed by atoms with Gasteiger partial charge in [0.2, 0.25) is 11.7 Å². The molecule has 1 N–H and O–H groups in total. The third-order valence-electron chi connectivity index (χ3n) is 4.39. The molecule has 0 aliphatic heterocycles. The number of rotatable bonds is 5. The number of fused-ring (bicyclic) bond motifs is 1. The first kappa shape index (κ1) is 17.9. The summed E-state index contributed by atoms with van der Waals surface area (Å²) in [5, 5.41) is 6.88. The van der Waals surface area contributed by atoms with Crippen molar-refractivity contribution >= 4 is 17.2 Å². The number of amides is 1. The molecular formula is C20H19N5O3. The second-order valence-electron chi connectivity index (χ2n) is 6.46. The Labute approximate surface area is 161 Å². The highest BCUT2D eigenvalue weighted by Crippen LogP contribution is 2.24. The highest BCUT2D eigenvalue weighted by atomic mass is 16.5. The molecule has 0 unspecified atom stereocenters. The third kappa shape index (κ3) is 3.37. The van der Waals surface area contributed by atoms with Crippen LogP contribution in [-0.2, 0) is 11.3 Å². The molecule has 8 heteroatoms. The Morgan fingerprint density at radius 3 is 2.86 bits per heavy atom. The van der Waals surface area contributed by atoms with E-state index in [0.717, 1.165) is 16.7 Å². The highest BCUT2D eigenvalue weighted by Gasteiger charge is 2.15. The normalized spacial score (nSPS) is 11.1. The zero-order valence-corrected chi connectivity index (χ0v) is 15.8. The van der Waals surface area contributed by atoms with Crippen LogP contribution in [-0.4, -0.2) is 32.5 Å². The van der Waals surface area contributed by atoms with E-state index in [0.29, 0.717) is 35.4 Å². The summed E-state index contributed by atoms with van der Waals surface area (Å²) in [5.41, 5.74) is 4.49. The topological polar surface area (TPSA) is 94.6 Å². The van der Waals surface area contributed by atoms with Gasteiger partial charge < -0.3 is 14.6 Å². The van der Waals surface area contributed by atoms with Crippen LogP contribution in [0.5, 0.6) is 0 Å². The van der Waals surface area contributed by atoms with Gasteiger partial charge in [-0.1, -0.05) is 17.3 Å². The van der Waals surface area contributed by atoms with Crippen molar-refractivity contribution in [1.29, 1.82) is 0 Å². The van der Waals surface area contributed by atoms with Crippen molar-refractivity contribution in [3.8, 4) is 11.4 Å². The maximum absolute atomic E-state index is 12.9. The first-order chi connectivity index (χ1) is 13.5. The molecule has 0 saturated heterocycles. The number of aromatic nitrogens is 4. The van der Waals surface area contributed by atoms with Gasteiger partial charge in [-0.2, -0.15) is 4.98 Å². The lowest BCUT2D eigenvalue weighted by atomic mass is 10.1. The number of aryl methyl sites for hydroxylation is 2. The first-order valence-corrected chi connectivity index (χ1v) is 8.73. The minimum atomic E-state index is -0.253. The van der Waals surface area contributed by atoms with Crippen LogP contribution in [0.2, 0.25) is 0 Å². The maximum atomic E-state index is 12.9. The molecule has 8 nitrogen and oxygen atoms in total. The van der Waals surface area contributed by atoms with Gasteiger partial charge in [0.25, 0.3) is 5.91 Å². The van der Waals surface area contributed by atoms with Crippen molar-refractivity contribution in [2.45, 2.75) is 20.5 Å². The Bertz CT molecular complexity index is 1160. The number of carbonyl (C=O) groups excluding carboxylic acids is 1. The predicted molar refractivity (Wildman–Crippen MR) is 103 cm³/mol. The van der Waals surface area contributed by atoms with Gasteiger partial charge in [0, 0.05) is 31.5 Å². The van der Waals surface area contributed by atoms with Gasteiger partial charge in [0.05, 0.1) is 12.8 Å². The monoisotopic (exact) mass is 377 g/mol. The fourth-order valence-corrected chi connectivity index (χ4v) is 2.95. The largest absolute Gasteiger partial charge is 0.380 e. The van der Waals surface area contributed by atoms with Crippen LogP contribution in [0.3, 0.4) is 0 Å². The lowest BCUT2D eigenvalue weighted by Crippen LogP contribution is -2.15. The van der Waals surface area contributed by atoms with Crippen LogP contribution < -0.4 is 5.32 Å². The quantitative estimate of drug-likeness (QED) is 0.573. The minimum Gasteiger partial charge on any atom is -0.380 e. The summed E-state index contributed by atoms with van der Waals surface area (Å²) in [4.78, 5) is 21.4. The number of pyridine rings is 1. The molecule has 3 heterocycles. The van der Waals surface area contributed by atoms with E-state index in [9.17, 15) is 4.79 Å². The van der Waals surface area contributed by atoms with E-state index in [2.05, 4.69) is 20.4 Å². The molecule has 0 radical (unpaired) electrons. The van der Waals surface area contributed by atoms with Gasteiger partial charge in [0.15, 0.2) is 0 Å². The standard InChI is InChI=1S/C20H19N5O3/c1-12-4-5-15(19-22-13(2)28-24-19)9-16(12)23-20(26)17-10-21-18-8-14(11-27-3)6-7-25(17)18/h4-10H,11H2,1-3H3,(H,23,26). The fraction of sp³-hybridized carbons (Fsp3) is 0.200. The molecule has 0 bridgehead atoms. The van der Waals surface area contributed by atoms with Crippen molar-refractivity contribution in [1.82, 2.24) is 19.5 Å². The molecule has 0 aliphatic rings. The third-order valence-corrected chi connectivity index (χ3v) is 4.39. The zero-order valence-electron chi connectivity index (χ0n) is 15.8. The van der Waals surface area contributed by atoms with Crippen LogP contribution in [0, 0.1) is 13.8 Å². The van der Waals surface area contributed by atoms with Gasteiger partial charge in [0.1, 0.15) is 11.3 Å². The van der Waals surface area contributed by atoms with Crippen molar-refractivity contribution in [2.24, 2.45) is 0 Å². The van der Waals surface area contributed by atoms with Crippen LogP contribution in [0.25, 0.3) is 17.0 Å². The van der Waals surface area contributed by atoms with Gasteiger partial charge in [-0.25, -0.2) is 4.98 Å². The number of nitrogens with one attached hydrogen (secondary N) is 1. The smallest absolute Gasteiger partial charge is 0.274 e. The van der Waals surface area contributed by atoms with Gasteiger partial charge in [-0.05, 0) is 36.2 Å². The summed E-state index contributed by atoms with van der Waals surface area (Å²) in [6.07, 6.45) is 3.37. The Hall–Kier alpha value is -3.52. The molecule has 0 fully saturated rings. The summed E-state index contributed by atoms with van der Waals surface area (Å²) in [7, 11) is 1.64. The molecule has 1 amide bonds. The van der Waals surface area contributed by atoms with E-state index < -0.39 is 0 Å². The minimum absolute atomic E-state index is 0.253. The van der Waals surface area contributed by atoms with Gasteiger partial charge >= 0.3 is 0 Å². The number of imidazole rings is 1. The van der Waals surface area contributed by atoms with Crippen molar-refractivity contribution in [3.05, 3.63) is 65.4 Å². The SMILES string of the molecule is COCc1ccn2c(C(=O)Nc3cc(-c4noc(C)n4)ccc3C)cnc2c1. The zero-order chi connectivity index (χ0) is 19.7.